The van der Waals surface area contributed by atoms with E-state index in [-0.39, 0.29) is 0 Å². The molecule has 0 radical (unpaired) electrons. The summed E-state index contributed by atoms with van der Waals surface area (Å²) in [7, 11) is 0. The number of rotatable bonds is 3. The molecule has 194 valence electrons. The van der Waals surface area contributed by atoms with Gasteiger partial charge in [-0.2, -0.15) is 0 Å². The molecule has 0 N–H and O–H groups in total. The highest BCUT2D eigenvalue weighted by atomic mass is 14.7. The van der Waals surface area contributed by atoms with E-state index in [0.29, 0.717) is 21.7 Å². The fourth-order valence-electron chi connectivity index (χ4n) is 8.42. The molecule has 4 aliphatic rings. The third-order valence-electron chi connectivity index (χ3n) is 10.6. The highest BCUT2D eigenvalue weighted by Gasteiger charge is 2.63. The number of fused-ring (bicyclic) bond motifs is 5. The first-order valence-corrected chi connectivity index (χ1v) is 14.5. The molecule has 0 saturated heterocycles. The van der Waals surface area contributed by atoms with Crippen LogP contribution >= 0.6 is 0 Å². The second-order valence-electron chi connectivity index (χ2n) is 13.4. The summed E-state index contributed by atoms with van der Waals surface area (Å²) in [5.74, 6) is 2.53. The van der Waals surface area contributed by atoms with Crippen LogP contribution in [-0.2, 0) is 0 Å². The molecule has 3 fully saturated rings. The zero-order valence-corrected chi connectivity index (χ0v) is 24.6. The van der Waals surface area contributed by atoms with E-state index in [0.717, 1.165) is 17.8 Å². The minimum Gasteiger partial charge on any atom is -0.103 e. The van der Waals surface area contributed by atoms with Crippen molar-refractivity contribution in [2.75, 3.05) is 0 Å². The Morgan fingerprint density at radius 3 is 2.15 bits per heavy atom. The van der Waals surface area contributed by atoms with Gasteiger partial charge in [-0.1, -0.05) is 111 Å². The average Bonchev–Trinajstić information content (AvgIpc) is 3.13. The van der Waals surface area contributed by atoms with Crippen molar-refractivity contribution in [2.45, 2.75) is 127 Å². The van der Waals surface area contributed by atoms with Gasteiger partial charge in [-0.15, -0.1) is 6.58 Å². The number of hydrogen-bond acceptors (Lipinski definition) is 0. The van der Waals surface area contributed by atoms with Gasteiger partial charge < -0.3 is 0 Å². The summed E-state index contributed by atoms with van der Waals surface area (Å²) in [5, 5.41) is 0. The van der Waals surface area contributed by atoms with E-state index in [9.17, 15) is 0 Å². The average molecular weight is 467 g/mol. The summed E-state index contributed by atoms with van der Waals surface area (Å²) < 4.78 is 0. The highest BCUT2D eigenvalue weighted by Crippen LogP contribution is 2.71. The van der Waals surface area contributed by atoms with Crippen LogP contribution in [0.1, 0.15) is 127 Å². The molecule has 0 aliphatic heterocycles. The molecule has 0 heterocycles. The van der Waals surface area contributed by atoms with E-state index >= 15 is 0 Å². The third-order valence-corrected chi connectivity index (χ3v) is 10.6. The summed E-state index contributed by atoms with van der Waals surface area (Å²) in [6, 6.07) is 0. The van der Waals surface area contributed by atoms with E-state index in [4.69, 9.17) is 0 Å². The highest BCUT2D eigenvalue weighted by molar-refractivity contribution is 5.34. The lowest BCUT2D eigenvalue weighted by Gasteiger charge is -2.63. The van der Waals surface area contributed by atoms with Gasteiger partial charge in [0.1, 0.15) is 0 Å². The summed E-state index contributed by atoms with van der Waals surface area (Å²) >= 11 is 0. The molecular formula is C34H58. The zero-order valence-electron chi connectivity index (χ0n) is 24.6. The number of allylic oxidation sites excluding steroid dienone is 5. The summed E-state index contributed by atoms with van der Waals surface area (Å²) in [6.45, 7) is 33.1. The van der Waals surface area contributed by atoms with Gasteiger partial charge in [-0.3, -0.25) is 0 Å². The Kier molecular flexibility index (Phi) is 9.38. The van der Waals surface area contributed by atoms with Crippen LogP contribution < -0.4 is 0 Å². The van der Waals surface area contributed by atoms with Crippen molar-refractivity contribution < 1.29 is 0 Å². The second-order valence-corrected chi connectivity index (χ2v) is 13.4. The zero-order chi connectivity index (χ0) is 25.9. The molecule has 0 aromatic heterocycles. The molecule has 0 nitrogen and oxygen atoms in total. The summed E-state index contributed by atoms with van der Waals surface area (Å²) in [6.07, 6.45) is 18.1. The predicted molar refractivity (Wildman–Crippen MR) is 154 cm³/mol. The monoisotopic (exact) mass is 466 g/mol. The van der Waals surface area contributed by atoms with Crippen LogP contribution in [0.4, 0.5) is 0 Å². The van der Waals surface area contributed by atoms with Crippen LogP contribution in [0.2, 0.25) is 0 Å². The van der Waals surface area contributed by atoms with Gasteiger partial charge in [0.05, 0.1) is 0 Å². The van der Waals surface area contributed by atoms with Gasteiger partial charge in [-0.05, 0) is 97.2 Å². The molecule has 6 unspecified atom stereocenters. The normalized spacial score (nSPS) is 38.6. The van der Waals surface area contributed by atoms with Gasteiger partial charge >= 0.3 is 0 Å². The van der Waals surface area contributed by atoms with Crippen molar-refractivity contribution in [3.63, 3.8) is 0 Å². The minimum atomic E-state index is 0.315. The molecule has 4 rings (SSSR count). The first-order chi connectivity index (χ1) is 15.8. The number of hydrogen-bond donors (Lipinski definition) is 0. The molecule has 0 aromatic rings. The van der Waals surface area contributed by atoms with Crippen molar-refractivity contribution in [1.29, 1.82) is 0 Å². The van der Waals surface area contributed by atoms with E-state index < -0.39 is 0 Å². The predicted octanol–water partition coefficient (Wildman–Crippen LogP) is 11.1. The smallest absolute Gasteiger partial charge is 0.00765 e. The maximum atomic E-state index is 4.26. The molecule has 0 heteroatoms. The van der Waals surface area contributed by atoms with Gasteiger partial charge in [0.25, 0.3) is 0 Å². The molecule has 0 amide bonds. The van der Waals surface area contributed by atoms with Gasteiger partial charge in [0.15, 0.2) is 0 Å². The van der Waals surface area contributed by atoms with Gasteiger partial charge in [0, 0.05) is 0 Å². The topological polar surface area (TPSA) is 0 Å². The third kappa shape index (κ3) is 5.22. The molecular weight excluding hydrogens is 408 g/mol. The lowest BCUT2D eigenvalue weighted by atomic mass is 9.41. The standard InChI is InChI=1S/C23H34.C9H18.C2H6/c1-6-17-7-8-19-21(17,3)14-11-20-22(4)12-9-16(2)15-18(22)10-13-23(19,20)5;1-6-7-8(2)9(3,4)5;1-2/h6,15,17,19-20H,1-2,7-14H2,3-5H3;2,6-7H2,1,3-5H3;1-2H3. The maximum Gasteiger partial charge on any atom is -0.00765 e. The summed E-state index contributed by atoms with van der Waals surface area (Å²) in [5.41, 5.74) is 6.29. The Morgan fingerprint density at radius 2 is 1.62 bits per heavy atom. The first-order valence-electron chi connectivity index (χ1n) is 14.5. The minimum absolute atomic E-state index is 0.315. The van der Waals surface area contributed by atoms with Crippen LogP contribution in [0.5, 0.6) is 0 Å². The van der Waals surface area contributed by atoms with E-state index in [1.54, 1.807) is 5.57 Å². The van der Waals surface area contributed by atoms with E-state index in [1.165, 1.54) is 75.4 Å². The Hall–Kier alpha value is -1.04. The largest absolute Gasteiger partial charge is 0.103 e. The fourth-order valence-corrected chi connectivity index (χ4v) is 8.42. The molecule has 0 bridgehead atoms. The van der Waals surface area contributed by atoms with Crippen LogP contribution in [-0.4, -0.2) is 0 Å². The lowest BCUT2D eigenvalue weighted by molar-refractivity contribution is -0.111. The van der Waals surface area contributed by atoms with Crippen LogP contribution in [0.3, 0.4) is 0 Å². The molecule has 3 saturated carbocycles. The molecule has 4 aliphatic carbocycles. The molecule has 6 atom stereocenters. The van der Waals surface area contributed by atoms with Crippen molar-refractivity contribution in [2.24, 2.45) is 39.4 Å². The van der Waals surface area contributed by atoms with Gasteiger partial charge in [-0.25, -0.2) is 0 Å². The first kappa shape index (κ1) is 29.2. The SMILES string of the molecule is C=C(CCC)C(C)(C)C.C=CC1CCC2C1(C)CCC1C3(C)CCC(=C)C=C3CCC12C.CC. The van der Waals surface area contributed by atoms with Crippen molar-refractivity contribution in [1.82, 2.24) is 0 Å². The molecule has 0 spiro atoms. The van der Waals surface area contributed by atoms with Gasteiger partial charge in [0.2, 0.25) is 0 Å². The Morgan fingerprint density at radius 1 is 0.971 bits per heavy atom. The van der Waals surface area contributed by atoms with Crippen LogP contribution in [0.15, 0.2) is 48.6 Å². The fraction of sp³-hybridized carbons (Fsp3) is 0.765. The quantitative estimate of drug-likeness (QED) is 0.363. The molecule has 0 aromatic carbocycles. The maximum absolute atomic E-state index is 4.26. The second kappa shape index (κ2) is 10.9. The van der Waals surface area contributed by atoms with Crippen molar-refractivity contribution in [3.8, 4) is 0 Å². The van der Waals surface area contributed by atoms with Crippen molar-refractivity contribution in [3.05, 3.63) is 48.6 Å². The van der Waals surface area contributed by atoms with Crippen molar-refractivity contribution >= 4 is 0 Å². The Balaban J connectivity index is 0.000000317. The Bertz CT molecular complexity index is 772. The van der Waals surface area contributed by atoms with E-state index in [1.807, 2.05) is 13.8 Å². The van der Waals surface area contributed by atoms with Crippen LogP contribution in [0, 0.1) is 39.4 Å². The molecule has 34 heavy (non-hydrogen) atoms. The summed E-state index contributed by atoms with van der Waals surface area (Å²) in [4.78, 5) is 0. The van der Waals surface area contributed by atoms with Crippen LogP contribution in [0.25, 0.3) is 0 Å². The Labute approximate surface area is 214 Å². The van der Waals surface area contributed by atoms with E-state index in [2.05, 4.69) is 80.4 Å². The lowest BCUT2D eigenvalue weighted by Crippen LogP contribution is -2.55.